The summed E-state index contributed by atoms with van der Waals surface area (Å²) in [6, 6.07) is 5.48. The topological polar surface area (TPSA) is 116 Å². The van der Waals surface area contributed by atoms with Gasteiger partial charge in [0.25, 0.3) is 0 Å². The van der Waals surface area contributed by atoms with E-state index in [9.17, 15) is 9.59 Å². The van der Waals surface area contributed by atoms with Crippen molar-refractivity contribution < 1.29 is 47.1 Å². The van der Waals surface area contributed by atoms with Gasteiger partial charge in [0.1, 0.15) is 0 Å². The maximum Gasteiger partial charge on any atom is 0.336 e. The average Bonchev–Trinajstić information content (AvgIpc) is 2.87. The van der Waals surface area contributed by atoms with Gasteiger partial charge in [0, 0.05) is 27.3 Å². The van der Waals surface area contributed by atoms with Crippen LogP contribution in [0.5, 0.6) is 0 Å². The van der Waals surface area contributed by atoms with Gasteiger partial charge in [0.05, 0.1) is 23.5 Å². The number of carboxylic acid groups (broad SMARTS) is 2. The number of aromatic amines is 1. The van der Waals surface area contributed by atoms with Crippen LogP contribution in [0, 0.1) is 0 Å². The summed E-state index contributed by atoms with van der Waals surface area (Å²) in [5.74, 6) is -2.46. The van der Waals surface area contributed by atoms with Gasteiger partial charge in [-0.3, -0.25) is 0 Å². The predicted molar refractivity (Wildman–Crippen MR) is 56.7 cm³/mol. The second-order valence-corrected chi connectivity index (χ2v) is 2.81. The summed E-state index contributed by atoms with van der Waals surface area (Å²) in [5.41, 5.74) is -0.380. The van der Waals surface area contributed by atoms with E-state index in [1.165, 1.54) is 24.3 Å². The molecule has 2 rings (SSSR count). The van der Waals surface area contributed by atoms with E-state index < -0.39 is 11.9 Å². The molecule has 0 atom stereocenters. The molecule has 1 aromatic carbocycles. The monoisotopic (exact) mass is 349 g/mol. The first-order valence-electron chi connectivity index (χ1n) is 4.48. The molecule has 0 fully saturated rings. The first-order chi connectivity index (χ1) is 8.13. The van der Waals surface area contributed by atoms with Crippen LogP contribution in [-0.2, 0) is 27.3 Å². The molecule has 0 saturated heterocycles. The van der Waals surface area contributed by atoms with E-state index in [-0.39, 0.29) is 38.4 Å². The third-order valence-electron chi connectivity index (χ3n) is 1.72. The fourth-order valence-electron chi connectivity index (χ4n) is 1.02. The number of carboxylic acids is 2. The fourth-order valence-corrected chi connectivity index (χ4v) is 1.02. The van der Waals surface area contributed by atoms with Gasteiger partial charge in [-0.2, -0.15) is 15.4 Å². The number of hydrogen-bond acceptors (Lipinski definition) is 4. The molecule has 0 spiro atoms. The Bertz CT molecular complexity index is 451. The molecule has 0 amide bonds. The van der Waals surface area contributed by atoms with Crippen LogP contribution in [0.15, 0.2) is 36.7 Å². The number of nitrogens with zero attached hydrogens (tertiary/aromatic N) is 2. The Morgan fingerprint density at radius 3 is 1.56 bits per heavy atom. The van der Waals surface area contributed by atoms with Gasteiger partial charge in [-0.25, -0.2) is 9.59 Å². The van der Waals surface area contributed by atoms with Gasteiger partial charge < -0.3 is 10.2 Å². The Labute approximate surface area is 122 Å². The second-order valence-electron chi connectivity index (χ2n) is 2.81. The first-order valence-corrected chi connectivity index (χ1v) is 4.48. The standard InChI is InChI=1S/C8H6O4.C2H3N3.Cd/c9-7(10)5-3-1-2-4-6(5)8(11)12;1-2-4-5-3-1;/h1-4H,(H,9,10)(H,11,12);1-2H,(H,3,4,5);. The SMILES string of the molecule is O=C(O)c1ccccc1C(=O)O.[Cd].c1cn[nH]n1. The van der Waals surface area contributed by atoms with E-state index >= 15 is 0 Å². The van der Waals surface area contributed by atoms with Crippen LogP contribution in [0.4, 0.5) is 0 Å². The molecule has 18 heavy (non-hydrogen) atoms. The number of aromatic nitrogens is 3. The molecule has 3 N–H and O–H groups in total. The number of nitrogens with one attached hydrogen (secondary N) is 1. The van der Waals surface area contributed by atoms with E-state index in [1.807, 2.05) is 0 Å². The van der Waals surface area contributed by atoms with Crippen molar-refractivity contribution in [2.24, 2.45) is 0 Å². The molecule has 90 valence electrons. The smallest absolute Gasteiger partial charge is 0.336 e. The minimum absolute atomic E-state index is 0. The van der Waals surface area contributed by atoms with E-state index in [0.29, 0.717) is 0 Å². The Morgan fingerprint density at radius 1 is 0.944 bits per heavy atom. The normalized spacial score (nSPS) is 8.44. The molecule has 8 heteroatoms. The molecular weight excluding hydrogens is 339 g/mol. The summed E-state index contributed by atoms with van der Waals surface area (Å²) >= 11 is 0. The predicted octanol–water partition coefficient (Wildman–Crippen LogP) is 0.885. The fraction of sp³-hybridized carbons (Fsp3) is 0. The largest absolute Gasteiger partial charge is 0.478 e. The molecule has 0 radical (unpaired) electrons. The summed E-state index contributed by atoms with van der Waals surface area (Å²) in [6.07, 6.45) is 3.17. The van der Waals surface area contributed by atoms with Crippen LogP contribution >= 0.6 is 0 Å². The summed E-state index contributed by atoms with van der Waals surface area (Å²) in [6.45, 7) is 0. The van der Waals surface area contributed by atoms with Gasteiger partial charge in [0.2, 0.25) is 0 Å². The maximum absolute atomic E-state index is 10.5. The molecule has 0 aliphatic carbocycles. The molecule has 0 saturated carbocycles. The molecule has 1 aromatic heterocycles. The van der Waals surface area contributed by atoms with Gasteiger partial charge in [-0.15, -0.1) is 0 Å². The number of aromatic carboxylic acids is 2. The Kier molecular flexibility index (Phi) is 7.51. The van der Waals surface area contributed by atoms with Crippen molar-refractivity contribution in [1.29, 1.82) is 0 Å². The molecule has 0 aliphatic heterocycles. The van der Waals surface area contributed by atoms with Crippen LogP contribution in [-0.4, -0.2) is 37.6 Å². The number of rotatable bonds is 2. The van der Waals surface area contributed by atoms with Crippen molar-refractivity contribution in [3.63, 3.8) is 0 Å². The zero-order chi connectivity index (χ0) is 12.7. The second kappa shape index (κ2) is 8.33. The number of benzene rings is 1. The van der Waals surface area contributed by atoms with Crippen LogP contribution < -0.4 is 0 Å². The molecule has 2 aromatic rings. The first kappa shape index (κ1) is 16.2. The molecule has 1 heterocycles. The van der Waals surface area contributed by atoms with E-state index in [0.717, 1.165) is 0 Å². The zero-order valence-corrected chi connectivity index (χ0v) is 13.3. The minimum atomic E-state index is -1.23. The van der Waals surface area contributed by atoms with Crippen LogP contribution in [0.3, 0.4) is 0 Å². The molecule has 7 nitrogen and oxygen atoms in total. The van der Waals surface area contributed by atoms with Crippen LogP contribution in [0.25, 0.3) is 0 Å². The van der Waals surface area contributed by atoms with Crippen molar-refractivity contribution in [3.8, 4) is 0 Å². The van der Waals surface area contributed by atoms with Crippen molar-refractivity contribution in [1.82, 2.24) is 15.4 Å². The van der Waals surface area contributed by atoms with E-state index in [2.05, 4.69) is 15.4 Å². The summed E-state index contributed by atoms with van der Waals surface area (Å²) in [5, 5.41) is 26.4. The number of hydrogen-bond donors (Lipinski definition) is 3. The molecule has 0 aliphatic rings. The number of H-pyrrole nitrogens is 1. The average molecular weight is 348 g/mol. The Morgan fingerprint density at radius 2 is 1.33 bits per heavy atom. The van der Waals surface area contributed by atoms with E-state index in [4.69, 9.17) is 10.2 Å². The van der Waals surface area contributed by atoms with Crippen LogP contribution in [0.1, 0.15) is 20.7 Å². The van der Waals surface area contributed by atoms with E-state index in [1.54, 1.807) is 12.4 Å². The van der Waals surface area contributed by atoms with Gasteiger partial charge in [-0.1, -0.05) is 12.1 Å². The minimum Gasteiger partial charge on any atom is -0.478 e. The van der Waals surface area contributed by atoms with Gasteiger partial charge in [-0.05, 0) is 12.1 Å². The quantitative estimate of drug-likeness (QED) is 0.695. The molecular formula is C10H9CdN3O4. The van der Waals surface area contributed by atoms with Gasteiger partial charge >= 0.3 is 11.9 Å². The zero-order valence-electron chi connectivity index (χ0n) is 9.28. The summed E-state index contributed by atoms with van der Waals surface area (Å²) in [4.78, 5) is 20.9. The Hall–Kier alpha value is -1.78. The Balaban J connectivity index is 0.000000405. The number of carbonyl (C=O) groups is 2. The molecule has 0 unspecified atom stereocenters. The van der Waals surface area contributed by atoms with Crippen molar-refractivity contribution >= 4 is 11.9 Å². The van der Waals surface area contributed by atoms with Crippen molar-refractivity contribution in [2.75, 3.05) is 0 Å². The van der Waals surface area contributed by atoms with Crippen molar-refractivity contribution in [3.05, 3.63) is 47.8 Å². The third-order valence-corrected chi connectivity index (χ3v) is 1.72. The summed E-state index contributed by atoms with van der Waals surface area (Å²) < 4.78 is 0. The molecule has 0 bridgehead atoms. The maximum atomic E-state index is 10.5. The van der Waals surface area contributed by atoms with Gasteiger partial charge in [0.15, 0.2) is 0 Å². The van der Waals surface area contributed by atoms with Crippen molar-refractivity contribution in [2.45, 2.75) is 0 Å². The van der Waals surface area contributed by atoms with Crippen LogP contribution in [0.2, 0.25) is 0 Å². The third kappa shape index (κ3) is 5.03. The summed E-state index contributed by atoms with van der Waals surface area (Å²) in [7, 11) is 0.